The summed E-state index contributed by atoms with van der Waals surface area (Å²) < 4.78 is 0. The minimum Gasteiger partial charge on any atom is -0.355 e. The molecule has 2 aromatic carbocycles. The molecule has 142 valence electrons. The van der Waals surface area contributed by atoms with E-state index < -0.39 is 11.0 Å². The van der Waals surface area contributed by atoms with Crippen LogP contribution in [0.3, 0.4) is 0 Å². The van der Waals surface area contributed by atoms with Crippen molar-refractivity contribution >= 4 is 5.69 Å². The lowest BCUT2D eigenvalue weighted by atomic mass is 9.61. The molecule has 0 spiro atoms. The summed E-state index contributed by atoms with van der Waals surface area (Å²) in [5.41, 5.74) is 1.47. The van der Waals surface area contributed by atoms with E-state index >= 15 is 0 Å². The van der Waals surface area contributed by atoms with Crippen molar-refractivity contribution in [2.45, 2.75) is 38.6 Å². The molecule has 28 heavy (non-hydrogen) atoms. The third kappa shape index (κ3) is 2.88. The van der Waals surface area contributed by atoms with Gasteiger partial charge in [-0.1, -0.05) is 54.6 Å². The molecule has 0 N–H and O–H groups in total. The van der Waals surface area contributed by atoms with Gasteiger partial charge >= 0.3 is 0 Å². The quantitative estimate of drug-likeness (QED) is 0.657. The van der Waals surface area contributed by atoms with Gasteiger partial charge in [0.15, 0.2) is 5.54 Å². The van der Waals surface area contributed by atoms with Crippen LogP contribution in [0.15, 0.2) is 66.7 Å². The minimum absolute atomic E-state index is 0.107. The molecule has 0 saturated carbocycles. The number of nitriles is 2. The van der Waals surface area contributed by atoms with Crippen LogP contribution < -0.4 is 4.90 Å². The lowest BCUT2D eigenvalue weighted by Crippen LogP contribution is -2.60. The van der Waals surface area contributed by atoms with E-state index in [4.69, 9.17) is 0 Å². The molecule has 3 heteroatoms. The predicted octanol–water partition coefficient (Wildman–Crippen LogP) is 5.47. The fourth-order valence-corrected chi connectivity index (χ4v) is 4.83. The number of benzene rings is 2. The molecule has 0 saturated heterocycles. The highest BCUT2D eigenvalue weighted by Crippen LogP contribution is 2.54. The van der Waals surface area contributed by atoms with Crippen molar-refractivity contribution in [1.29, 1.82) is 10.5 Å². The molecule has 0 unspecified atom stereocenters. The van der Waals surface area contributed by atoms with Gasteiger partial charge in [0, 0.05) is 18.7 Å². The van der Waals surface area contributed by atoms with E-state index in [9.17, 15) is 10.5 Å². The van der Waals surface area contributed by atoms with E-state index in [0.29, 0.717) is 0 Å². The lowest BCUT2D eigenvalue weighted by molar-refractivity contribution is 0.221. The molecule has 0 radical (unpaired) electrons. The fraction of sp³-hybridized carbons (Fsp3) is 0.360. The van der Waals surface area contributed by atoms with Crippen molar-refractivity contribution in [2.75, 3.05) is 11.9 Å². The van der Waals surface area contributed by atoms with E-state index in [1.165, 1.54) is 11.1 Å². The van der Waals surface area contributed by atoms with E-state index in [-0.39, 0.29) is 11.8 Å². The average molecular weight is 370 g/mol. The Morgan fingerprint density at radius 2 is 1.64 bits per heavy atom. The van der Waals surface area contributed by atoms with Crippen molar-refractivity contribution < 1.29 is 0 Å². The summed E-state index contributed by atoms with van der Waals surface area (Å²) in [6.07, 6.45) is 5.15. The largest absolute Gasteiger partial charge is 0.355 e. The SMILES string of the molecule is C/C=C/[C@H]1Cc2ccccc2[C@@H]1[C@@](C#N)(N(C)c1ccccc1)C(C)(C)C#N. The van der Waals surface area contributed by atoms with Crippen LogP contribution in [0.25, 0.3) is 0 Å². The molecule has 2 aromatic rings. The summed E-state index contributed by atoms with van der Waals surface area (Å²) in [4.78, 5) is 2.03. The molecule has 0 aromatic heterocycles. The Labute approximate surface area is 168 Å². The van der Waals surface area contributed by atoms with Gasteiger partial charge < -0.3 is 4.90 Å². The topological polar surface area (TPSA) is 50.8 Å². The first-order valence-electron chi connectivity index (χ1n) is 9.75. The van der Waals surface area contributed by atoms with Gasteiger partial charge in [-0.3, -0.25) is 0 Å². The number of hydrogen-bond donors (Lipinski definition) is 0. The van der Waals surface area contributed by atoms with Gasteiger partial charge in [0.05, 0.1) is 17.6 Å². The zero-order chi connectivity index (χ0) is 20.4. The van der Waals surface area contributed by atoms with Crippen LogP contribution in [0.2, 0.25) is 0 Å². The van der Waals surface area contributed by atoms with Crippen molar-refractivity contribution in [3.63, 3.8) is 0 Å². The second-order valence-corrected chi connectivity index (χ2v) is 8.08. The fourth-order valence-electron chi connectivity index (χ4n) is 4.83. The number of nitrogens with zero attached hydrogens (tertiary/aromatic N) is 3. The minimum atomic E-state index is -1.03. The van der Waals surface area contributed by atoms with Gasteiger partial charge in [0.25, 0.3) is 0 Å². The van der Waals surface area contributed by atoms with Gasteiger partial charge in [-0.15, -0.1) is 0 Å². The Kier molecular flexibility index (Phi) is 5.30. The summed E-state index contributed by atoms with van der Waals surface area (Å²) in [7, 11) is 1.95. The lowest BCUT2D eigenvalue weighted by Gasteiger charge is -2.50. The Balaban J connectivity index is 2.30. The zero-order valence-corrected chi connectivity index (χ0v) is 17.1. The van der Waals surface area contributed by atoms with Crippen LogP contribution in [0, 0.1) is 34.0 Å². The van der Waals surface area contributed by atoms with Crippen LogP contribution in [-0.4, -0.2) is 12.6 Å². The van der Waals surface area contributed by atoms with Gasteiger partial charge in [0.2, 0.25) is 0 Å². The summed E-state index contributed by atoms with van der Waals surface area (Å²) >= 11 is 0. The molecule has 3 nitrogen and oxygen atoms in total. The number of likely N-dealkylation sites (N-methyl/N-ethyl adjacent to an activating group) is 1. The molecule has 3 atom stereocenters. The van der Waals surface area contributed by atoms with Crippen LogP contribution in [0.5, 0.6) is 0 Å². The number of hydrogen-bond acceptors (Lipinski definition) is 3. The molecule has 1 aliphatic carbocycles. The summed E-state index contributed by atoms with van der Waals surface area (Å²) in [5.74, 6) is 0.0607. The van der Waals surface area contributed by atoms with Crippen LogP contribution in [-0.2, 0) is 6.42 Å². The number of fused-ring (bicyclic) bond motifs is 1. The molecule has 1 aliphatic rings. The monoisotopic (exact) mass is 369 g/mol. The normalized spacial score (nSPS) is 20.8. The maximum atomic E-state index is 10.7. The zero-order valence-electron chi connectivity index (χ0n) is 17.1. The molecule has 0 bridgehead atoms. The van der Waals surface area contributed by atoms with Crippen LogP contribution in [0.1, 0.15) is 37.8 Å². The first kappa shape index (κ1) is 19.7. The molecular formula is C25H27N3. The Morgan fingerprint density at radius 3 is 2.25 bits per heavy atom. The van der Waals surface area contributed by atoms with E-state index in [1.807, 2.05) is 69.1 Å². The second-order valence-electron chi connectivity index (χ2n) is 8.08. The highest BCUT2D eigenvalue weighted by Gasteiger charge is 2.59. The number of rotatable bonds is 5. The third-order valence-corrected chi connectivity index (χ3v) is 6.24. The Bertz CT molecular complexity index is 946. The number of anilines is 1. The van der Waals surface area contributed by atoms with E-state index in [1.54, 1.807) is 0 Å². The van der Waals surface area contributed by atoms with Gasteiger partial charge in [-0.05, 0) is 56.4 Å². The van der Waals surface area contributed by atoms with E-state index in [2.05, 4.69) is 42.5 Å². The van der Waals surface area contributed by atoms with Gasteiger partial charge in [-0.25, -0.2) is 0 Å². The van der Waals surface area contributed by atoms with Crippen LogP contribution >= 0.6 is 0 Å². The standard InChI is InChI=1S/C25H27N3/c1-5-11-20-16-19-12-9-10-15-22(19)23(20)25(18-27,24(2,3)17-26)28(4)21-13-7-6-8-14-21/h5-15,20,23H,16H2,1-4H3/b11-5+/t20-,23+,25+/m0/s1. The third-order valence-electron chi connectivity index (χ3n) is 6.24. The average Bonchev–Trinajstić information content (AvgIpc) is 3.08. The first-order valence-corrected chi connectivity index (χ1v) is 9.75. The number of para-hydroxylation sites is 1. The highest BCUT2D eigenvalue weighted by atomic mass is 15.2. The molecule has 0 aliphatic heterocycles. The Hall–Kier alpha value is -3.04. The summed E-state index contributed by atoms with van der Waals surface area (Å²) in [6, 6.07) is 23.4. The van der Waals surface area contributed by atoms with Crippen molar-refractivity contribution in [2.24, 2.45) is 11.3 Å². The predicted molar refractivity (Wildman–Crippen MR) is 114 cm³/mol. The molecule has 3 rings (SSSR count). The van der Waals surface area contributed by atoms with Crippen molar-refractivity contribution in [3.05, 3.63) is 77.9 Å². The maximum Gasteiger partial charge on any atom is 0.153 e. The molecular weight excluding hydrogens is 342 g/mol. The smallest absolute Gasteiger partial charge is 0.153 e. The molecule has 0 amide bonds. The van der Waals surface area contributed by atoms with Gasteiger partial charge in [0.1, 0.15) is 0 Å². The highest BCUT2D eigenvalue weighted by molar-refractivity contribution is 5.57. The first-order chi connectivity index (χ1) is 13.4. The van der Waals surface area contributed by atoms with Gasteiger partial charge in [-0.2, -0.15) is 10.5 Å². The van der Waals surface area contributed by atoms with Crippen molar-refractivity contribution in [3.8, 4) is 12.1 Å². The summed E-state index contributed by atoms with van der Waals surface area (Å²) in [6.45, 7) is 5.80. The molecule has 0 heterocycles. The summed E-state index contributed by atoms with van der Waals surface area (Å²) in [5, 5.41) is 20.8. The van der Waals surface area contributed by atoms with E-state index in [0.717, 1.165) is 12.1 Å². The Morgan fingerprint density at radius 1 is 1.00 bits per heavy atom. The number of allylic oxidation sites excluding steroid dienone is 2. The van der Waals surface area contributed by atoms with Crippen LogP contribution in [0.4, 0.5) is 5.69 Å². The molecule has 0 fully saturated rings. The maximum absolute atomic E-state index is 10.7. The second kappa shape index (κ2) is 7.53. The van der Waals surface area contributed by atoms with Crippen molar-refractivity contribution in [1.82, 2.24) is 0 Å².